The molecule has 2 unspecified atom stereocenters. The van der Waals surface area contributed by atoms with E-state index < -0.39 is 5.60 Å². The smallest absolute Gasteiger partial charge is 0.125 e. The van der Waals surface area contributed by atoms with Crippen LogP contribution in [-0.4, -0.2) is 35.2 Å². The van der Waals surface area contributed by atoms with Gasteiger partial charge in [0, 0.05) is 18.4 Å². The Labute approximate surface area is 145 Å². The number of piperidine rings is 1. The van der Waals surface area contributed by atoms with Crippen molar-refractivity contribution in [3.63, 3.8) is 0 Å². The summed E-state index contributed by atoms with van der Waals surface area (Å²) < 4.78 is 5.80. The Balaban J connectivity index is 1.99. The minimum Gasteiger partial charge on any atom is -0.362 e. The van der Waals surface area contributed by atoms with Gasteiger partial charge in [-0.3, -0.25) is 9.88 Å². The summed E-state index contributed by atoms with van der Waals surface area (Å²) in [6, 6.07) is 6.68. The molecule has 0 N–H and O–H groups in total. The first kappa shape index (κ1) is 18.5. The Kier molecular flexibility index (Phi) is 7.25. The molecule has 1 saturated heterocycles. The van der Waals surface area contributed by atoms with Gasteiger partial charge in [0.15, 0.2) is 0 Å². The van der Waals surface area contributed by atoms with Gasteiger partial charge in [-0.15, -0.1) is 0 Å². The summed E-state index contributed by atoms with van der Waals surface area (Å²) in [6.07, 6.45) is 8.66. The van der Waals surface area contributed by atoms with Crippen LogP contribution in [0.3, 0.4) is 0 Å². The van der Waals surface area contributed by atoms with E-state index in [1.807, 2.05) is 25.4 Å². The number of pyridine rings is 1. The molecule has 2 atom stereocenters. The zero-order chi connectivity index (χ0) is 17.3. The highest BCUT2D eigenvalue weighted by atomic mass is 16.5. The van der Waals surface area contributed by atoms with Crippen molar-refractivity contribution in [1.29, 1.82) is 5.26 Å². The molecule has 1 aromatic rings. The molecule has 0 bridgehead atoms. The lowest BCUT2D eigenvalue weighted by molar-refractivity contribution is 0.0136. The zero-order valence-electron chi connectivity index (χ0n) is 14.8. The fourth-order valence-corrected chi connectivity index (χ4v) is 3.01. The Bertz CT molecular complexity index is 599. The molecule has 4 nitrogen and oxygen atoms in total. The number of nitrogens with zero attached hydrogens (tertiary/aromatic N) is 3. The van der Waals surface area contributed by atoms with E-state index in [2.05, 4.69) is 40.8 Å². The molecule has 2 rings (SSSR count). The van der Waals surface area contributed by atoms with Crippen LogP contribution in [-0.2, 0) is 4.74 Å². The van der Waals surface area contributed by atoms with Crippen molar-refractivity contribution >= 4 is 0 Å². The first-order valence-electron chi connectivity index (χ1n) is 8.83. The van der Waals surface area contributed by atoms with Gasteiger partial charge in [-0.05, 0) is 44.4 Å². The van der Waals surface area contributed by atoms with Crippen LogP contribution >= 0.6 is 0 Å². The van der Waals surface area contributed by atoms with Gasteiger partial charge in [-0.2, -0.15) is 5.26 Å². The maximum atomic E-state index is 8.64. The number of aromatic nitrogens is 1. The quantitative estimate of drug-likeness (QED) is 0.591. The van der Waals surface area contributed by atoms with Gasteiger partial charge < -0.3 is 4.74 Å². The number of hydrogen-bond donors (Lipinski definition) is 0. The van der Waals surface area contributed by atoms with Gasteiger partial charge in [0.05, 0.1) is 25.6 Å². The highest BCUT2D eigenvalue weighted by Gasteiger charge is 2.24. The van der Waals surface area contributed by atoms with E-state index in [0.29, 0.717) is 19.1 Å². The third kappa shape index (κ3) is 5.34. The number of ether oxygens (including phenoxy) is 1. The minimum absolute atomic E-state index is 0.409. The fraction of sp³-hybridized carbons (Fsp3) is 0.600. The van der Waals surface area contributed by atoms with Crippen molar-refractivity contribution < 1.29 is 4.74 Å². The van der Waals surface area contributed by atoms with E-state index in [-0.39, 0.29) is 0 Å². The third-order valence-electron chi connectivity index (χ3n) is 4.63. The van der Waals surface area contributed by atoms with E-state index in [1.165, 1.54) is 18.4 Å². The monoisotopic (exact) mass is 325 g/mol. The Morgan fingerprint density at radius 2 is 2.33 bits per heavy atom. The summed E-state index contributed by atoms with van der Waals surface area (Å²) in [4.78, 5) is 6.70. The second-order valence-electron chi connectivity index (χ2n) is 6.41. The first-order chi connectivity index (χ1) is 11.7. The van der Waals surface area contributed by atoms with Gasteiger partial charge >= 0.3 is 0 Å². The van der Waals surface area contributed by atoms with Crippen LogP contribution in [0.25, 0.3) is 0 Å². The lowest BCUT2D eigenvalue weighted by Crippen LogP contribution is -2.34. The molecule has 0 radical (unpaired) electrons. The lowest BCUT2D eigenvalue weighted by atomic mass is 9.96. The average molecular weight is 325 g/mol. The van der Waals surface area contributed by atoms with Gasteiger partial charge in [0.25, 0.3) is 0 Å². The maximum absolute atomic E-state index is 8.64. The molecule has 0 saturated carbocycles. The van der Waals surface area contributed by atoms with Gasteiger partial charge in [0.2, 0.25) is 0 Å². The van der Waals surface area contributed by atoms with Gasteiger partial charge in [-0.1, -0.05) is 31.3 Å². The molecule has 1 aromatic heterocycles. The summed E-state index contributed by atoms with van der Waals surface area (Å²) in [7, 11) is 0. The fourth-order valence-electron chi connectivity index (χ4n) is 3.01. The highest BCUT2D eigenvalue weighted by Crippen LogP contribution is 2.29. The van der Waals surface area contributed by atoms with Crippen LogP contribution in [0.2, 0.25) is 0 Å². The van der Waals surface area contributed by atoms with E-state index in [9.17, 15) is 0 Å². The second-order valence-corrected chi connectivity index (χ2v) is 6.41. The SMILES string of the molecule is CCC(C)(C#CCN1CCCCC1c1cccnc1)OCCC#N. The summed E-state index contributed by atoms with van der Waals surface area (Å²) in [5, 5.41) is 8.64. The minimum atomic E-state index is -0.462. The van der Waals surface area contributed by atoms with Crippen LogP contribution in [0.1, 0.15) is 57.6 Å². The molecule has 0 spiro atoms. The maximum Gasteiger partial charge on any atom is 0.125 e. The normalized spacial score (nSPS) is 20.5. The van der Waals surface area contributed by atoms with E-state index >= 15 is 0 Å². The van der Waals surface area contributed by atoms with Crippen molar-refractivity contribution in [2.45, 2.75) is 57.6 Å². The van der Waals surface area contributed by atoms with Crippen LogP contribution in [0.15, 0.2) is 24.5 Å². The van der Waals surface area contributed by atoms with Crippen molar-refractivity contribution in [3.8, 4) is 17.9 Å². The molecule has 0 aliphatic carbocycles. The second kappa shape index (κ2) is 9.42. The predicted molar refractivity (Wildman–Crippen MR) is 95.1 cm³/mol. The molecular weight excluding hydrogens is 298 g/mol. The van der Waals surface area contributed by atoms with Crippen molar-refractivity contribution in [3.05, 3.63) is 30.1 Å². The third-order valence-corrected chi connectivity index (χ3v) is 4.63. The van der Waals surface area contributed by atoms with Crippen LogP contribution in [0.4, 0.5) is 0 Å². The number of nitriles is 1. The van der Waals surface area contributed by atoms with Crippen LogP contribution < -0.4 is 0 Å². The summed E-state index contributed by atoms with van der Waals surface area (Å²) in [5.74, 6) is 6.61. The van der Waals surface area contributed by atoms with Crippen molar-refractivity contribution in [2.24, 2.45) is 0 Å². The average Bonchev–Trinajstić information content (AvgIpc) is 2.63. The summed E-state index contributed by atoms with van der Waals surface area (Å²) in [5.41, 5.74) is 0.818. The van der Waals surface area contributed by atoms with Crippen LogP contribution in [0, 0.1) is 23.2 Å². The molecule has 1 fully saturated rings. The molecule has 1 aliphatic rings. The lowest BCUT2D eigenvalue weighted by Gasteiger charge is -2.34. The van der Waals surface area contributed by atoms with E-state index in [4.69, 9.17) is 10.00 Å². The predicted octanol–water partition coefficient (Wildman–Crippen LogP) is 3.71. The Morgan fingerprint density at radius 1 is 1.46 bits per heavy atom. The van der Waals surface area contributed by atoms with Gasteiger partial charge in [-0.25, -0.2) is 0 Å². The highest BCUT2D eigenvalue weighted by molar-refractivity contribution is 5.18. The molecule has 24 heavy (non-hydrogen) atoms. The molecule has 4 heteroatoms. The van der Waals surface area contributed by atoms with E-state index in [1.54, 1.807) is 0 Å². The first-order valence-corrected chi connectivity index (χ1v) is 8.83. The molecule has 1 aliphatic heterocycles. The van der Waals surface area contributed by atoms with E-state index in [0.717, 1.165) is 25.9 Å². The standard InChI is InChI=1S/C20H27N3O/c1-3-20(2,24-16-8-12-21)11-7-15-23-14-5-4-10-19(23)18-9-6-13-22-17-18/h6,9,13,17,19H,3-5,8,10,14-16H2,1-2H3. The number of rotatable bonds is 6. The summed E-state index contributed by atoms with van der Waals surface area (Å²) in [6.45, 7) is 6.34. The molecule has 0 aromatic carbocycles. The Hall–Kier alpha value is -1.88. The van der Waals surface area contributed by atoms with Crippen molar-refractivity contribution in [1.82, 2.24) is 9.88 Å². The van der Waals surface area contributed by atoms with Crippen LogP contribution in [0.5, 0.6) is 0 Å². The van der Waals surface area contributed by atoms with Gasteiger partial charge in [0.1, 0.15) is 5.60 Å². The number of hydrogen-bond acceptors (Lipinski definition) is 4. The molecular formula is C20H27N3O. The Morgan fingerprint density at radius 3 is 3.04 bits per heavy atom. The van der Waals surface area contributed by atoms with Crippen molar-refractivity contribution in [2.75, 3.05) is 19.7 Å². The largest absolute Gasteiger partial charge is 0.362 e. The molecule has 128 valence electrons. The molecule has 0 amide bonds. The zero-order valence-corrected chi connectivity index (χ0v) is 14.8. The topological polar surface area (TPSA) is 49.2 Å². The molecule has 2 heterocycles. The number of likely N-dealkylation sites (tertiary alicyclic amines) is 1. The summed E-state index contributed by atoms with van der Waals surface area (Å²) >= 11 is 0.